The molecule has 3 atom stereocenters. The van der Waals surface area contributed by atoms with Crippen LogP contribution in [0.4, 0.5) is 0 Å². The third-order valence-corrected chi connectivity index (χ3v) is 17.0. The molecule has 0 bridgehead atoms. The highest BCUT2D eigenvalue weighted by molar-refractivity contribution is 5.77. The average Bonchev–Trinajstić information content (AvgIpc) is 0.866. The highest BCUT2D eigenvalue weighted by Gasteiger charge is 2.31. The number of benzene rings is 12. The van der Waals surface area contributed by atoms with Crippen LogP contribution in [0.15, 0.2) is 364 Å². The molecule has 105 heavy (non-hydrogen) atoms. The molecule has 12 aromatic carbocycles. The molecule has 0 radical (unpaired) electrons. The van der Waals surface area contributed by atoms with Gasteiger partial charge in [-0.25, -0.2) is 0 Å². The second-order valence-electron chi connectivity index (χ2n) is 24.5. The Morgan fingerprint density at radius 1 is 0.200 bits per heavy atom. The van der Waals surface area contributed by atoms with Gasteiger partial charge in [-0.05, 0) is 86.0 Å². The third-order valence-electron chi connectivity index (χ3n) is 17.0. The van der Waals surface area contributed by atoms with Crippen molar-refractivity contribution in [1.29, 1.82) is 0 Å². The van der Waals surface area contributed by atoms with Gasteiger partial charge in [0.25, 0.3) is 0 Å². The molecular weight excluding hydrogens is 1290 g/mol. The van der Waals surface area contributed by atoms with Crippen molar-refractivity contribution in [2.24, 2.45) is 0 Å². The summed E-state index contributed by atoms with van der Waals surface area (Å²) in [5.41, 5.74) is 13.3. The van der Waals surface area contributed by atoms with E-state index >= 15 is 0 Å². The Hall–Kier alpha value is -11.1. The number of rotatable bonds is 30. The molecule has 0 spiro atoms. The normalized spacial score (nSPS) is 11.3. The molecule has 0 N–H and O–H groups in total. The Balaban J connectivity index is 0.000000212. The number of carbonyl (C=O) groups excluding carboxylic acids is 3. The summed E-state index contributed by atoms with van der Waals surface area (Å²) >= 11 is 0. The van der Waals surface area contributed by atoms with Crippen LogP contribution in [0.1, 0.15) is 108 Å². The third kappa shape index (κ3) is 30.0. The molecule has 9 nitrogen and oxygen atoms in total. The molecule has 540 valence electrons. The first-order valence-corrected chi connectivity index (χ1v) is 37.0. The van der Waals surface area contributed by atoms with Crippen molar-refractivity contribution in [3.63, 3.8) is 0 Å². The van der Waals surface area contributed by atoms with Crippen LogP contribution in [0.2, 0.25) is 0 Å². The predicted molar refractivity (Wildman–Crippen MR) is 431 cm³/mol. The molecule has 0 saturated carbocycles. The predicted octanol–water partition coefficient (Wildman–Crippen LogP) is 21.2. The Morgan fingerprint density at radius 2 is 0.324 bits per heavy atom. The van der Waals surface area contributed by atoms with Gasteiger partial charge in [0.15, 0.2) is 0 Å². The van der Waals surface area contributed by atoms with Gasteiger partial charge in [-0.15, -0.1) is 0 Å². The maximum Gasteiger partial charge on any atom is 0.324 e. The van der Waals surface area contributed by atoms with Gasteiger partial charge in [-0.1, -0.05) is 406 Å². The minimum absolute atomic E-state index is 0.199. The van der Waals surface area contributed by atoms with E-state index in [0.29, 0.717) is 58.5 Å². The summed E-state index contributed by atoms with van der Waals surface area (Å²) in [6.45, 7) is 16.8. The molecule has 0 aromatic heterocycles. The SMILES string of the molecule is CC.CC.CC.O=C(OCc1ccccc1)C(Cc1ccccc1)N(Cc1ccccc1)Cc1ccccc1.O=C(OCc1ccccc1)C(Cc1ccccc1)N(Cc1ccccc1)Cc1ccccc1.O=C(OCc1ccccc1)C(Cc1ccccc1)N(Cc1ccccc1)Cc1ccccc1. The van der Waals surface area contributed by atoms with Gasteiger partial charge >= 0.3 is 17.9 Å². The number of hydrogen-bond donors (Lipinski definition) is 0. The highest BCUT2D eigenvalue weighted by Crippen LogP contribution is 2.24. The summed E-state index contributed by atoms with van der Waals surface area (Å²) < 4.78 is 17.5. The zero-order valence-electron chi connectivity index (χ0n) is 62.1. The monoisotopic (exact) mass is 1400 g/mol. The van der Waals surface area contributed by atoms with E-state index in [1.165, 1.54) is 33.4 Å². The van der Waals surface area contributed by atoms with Crippen molar-refractivity contribution in [3.05, 3.63) is 431 Å². The second-order valence-corrected chi connectivity index (χ2v) is 24.5. The van der Waals surface area contributed by atoms with Crippen LogP contribution in [0, 0.1) is 0 Å². The van der Waals surface area contributed by atoms with Gasteiger partial charge < -0.3 is 14.2 Å². The van der Waals surface area contributed by atoms with E-state index in [4.69, 9.17) is 14.2 Å². The maximum atomic E-state index is 13.5. The van der Waals surface area contributed by atoms with E-state index in [9.17, 15) is 14.4 Å². The number of ether oxygens (including phenoxy) is 3. The van der Waals surface area contributed by atoms with E-state index in [2.05, 4.69) is 124 Å². The van der Waals surface area contributed by atoms with Crippen LogP contribution in [0.25, 0.3) is 0 Å². The molecule has 3 unspecified atom stereocenters. The Labute approximate surface area is 626 Å². The lowest BCUT2D eigenvalue weighted by molar-refractivity contribution is -0.153. The number of carbonyl (C=O) groups is 3. The minimum atomic E-state index is -0.406. The largest absolute Gasteiger partial charge is 0.460 e. The summed E-state index contributed by atoms with van der Waals surface area (Å²) in [5, 5.41) is 0. The molecule has 0 aliphatic heterocycles. The van der Waals surface area contributed by atoms with Crippen molar-refractivity contribution in [2.45, 2.75) is 138 Å². The van der Waals surface area contributed by atoms with Crippen molar-refractivity contribution in [1.82, 2.24) is 14.7 Å². The van der Waals surface area contributed by atoms with Crippen LogP contribution < -0.4 is 0 Å². The molecule has 12 rings (SSSR count). The lowest BCUT2D eigenvalue weighted by atomic mass is 10.0. The number of hydrogen-bond acceptors (Lipinski definition) is 9. The first-order chi connectivity index (χ1) is 51.8. The van der Waals surface area contributed by atoms with E-state index in [-0.39, 0.29) is 37.7 Å². The van der Waals surface area contributed by atoms with Crippen LogP contribution in [-0.4, -0.2) is 50.7 Å². The van der Waals surface area contributed by atoms with Crippen molar-refractivity contribution in [3.8, 4) is 0 Å². The quantitative estimate of drug-likeness (QED) is 0.0323. The standard InChI is InChI=1S/3C30H29NO2.3C2H6/c3*32-30(33-24-28-19-11-4-12-20-28)29(21-25-13-5-1-6-14-25)31(22-26-15-7-2-8-16-26)23-27-17-9-3-10-18-27;3*1-2/h3*1-20,29H,21-24H2;3*1-2H3. The molecule has 0 aliphatic carbocycles. The van der Waals surface area contributed by atoms with E-state index in [0.717, 1.165) is 33.4 Å². The number of esters is 3. The Morgan fingerprint density at radius 3 is 0.467 bits per heavy atom. The zero-order chi connectivity index (χ0) is 74.2. The smallest absolute Gasteiger partial charge is 0.324 e. The fourth-order valence-corrected chi connectivity index (χ4v) is 11.8. The highest BCUT2D eigenvalue weighted by atomic mass is 16.5. The second kappa shape index (κ2) is 48.7. The van der Waals surface area contributed by atoms with E-state index < -0.39 is 18.1 Å². The van der Waals surface area contributed by atoms with Crippen molar-refractivity contribution >= 4 is 17.9 Å². The summed E-state index contributed by atoms with van der Waals surface area (Å²) in [5.74, 6) is -0.598. The molecule has 9 heteroatoms. The summed E-state index contributed by atoms with van der Waals surface area (Å²) in [7, 11) is 0. The fraction of sp³-hybridized carbons (Fsp3) is 0.219. The van der Waals surface area contributed by atoms with Gasteiger partial charge in [0.1, 0.15) is 37.9 Å². The maximum absolute atomic E-state index is 13.5. The zero-order valence-corrected chi connectivity index (χ0v) is 62.1. The molecule has 0 amide bonds. The topological polar surface area (TPSA) is 88.6 Å². The van der Waals surface area contributed by atoms with Crippen molar-refractivity contribution in [2.75, 3.05) is 0 Å². The van der Waals surface area contributed by atoms with Crippen LogP contribution in [0.5, 0.6) is 0 Å². The summed E-state index contributed by atoms with van der Waals surface area (Å²) in [6.07, 6.45) is 1.77. The van der Waals surface area contributed by atoms with Crippen molar-refractivity contribution < 1.29 is 28.6 Å². The molecule has 0 heterocycles. The molecule has 0 saturated heterocycles. The van der Waals surface area contributed by atoms with Gasteiger partial charge in [-0.3, -0.25) is 29.1 Å². The lowest BCUT2D eigenvalue weighted by Crippen LogP contribution is -2.43. The average molecular weight is 1400 g/mol. The van der Waals surface area contributed by atoms with E-state index in [1.54, 1.807) is 0 Å². The number of nitrogens with zero attached hydrogens (tertiary/aromatic N) is 3. The summed E-state index contributed by atoms with van der Waals surface area (Å²) in [6, 6.07) is 121. The molecule has 0 fully saturated rings. The van der Waals surface area contributed by atoms with Crippen LogP contribution in [-0.2, 0) is 107 Å². The van der Waals surface area contributed by atoms with Gasteiger partial charge in [0.05, 0.1) is 0 Å². The Kier molecular flexibility index (Phi) is 37.7. The summed E-state index contributed by atoms with van der Waals surface area (Å²) in [4.78, 5) is 47.1. The minimum Gasteiger partial charge on any atom is -0.460 e. The first kappa shape index (κ1) is 81.2. The molecule has 12 aromatic rings. The van der Waals surface area contributed by atoms with Gasteiger partial charge in [-0.2, -0.15) is 0 Å². The molecular formula is C96H105N3O6. The first-order valence-electron chi connectivity index (χ1n) is 37.0. The van der Waals surface area contributed by atoms with Crippen LogP contribution in [0.3, 0.4) is 0 Å². The lowest BCUT2D eigenvalue weighted by Gasteiger charge is -2.30. The molecule has 0 aliphatic rings. The van der Waals surface area contributed by atoms with E-state index in [1.807, 2.05) is 296 Å². The fourth-order valence-electron chi connectivity index (χ4n) is 11.8. The van der Waals surface area contributed by atoms with Gasteiger partial charge in [0.2, 0.25) is 0 Å². The Bertz CT molecular complexity index is 3610. The van der Waals surface area contributed by atoms with Gasteiger partial charge in [0, 0.05) is 39.3 Å². The van der Waals surface area contributed by atoms with Crippen LogP contribution >= 0.6 is 0 Å².